The molecule has 1 aromatic rings. The summed E-state index contributed by atoms with van der Waals surface area (Å²) in [5, 5.41) is 13.3. The van der Waals surface area contributed by atoms with Gasteiger partial charge in [0, 0.05) is 25.1 Å². The van der Waals surface area contributed by atoms with Crippen LogP contribution in [0.1, 0.15) is 50.5 Å². The van der Waals surface area contributed by atoms with Crippen molar-refractivity contribution in [3.8, 4) is 5.75 Å². The molecule has 2 amide bonds. The number of nitrogens with one attached hydrogen (secondary N) is 1. The van der Waals surface area contributed by atoms with E-state index < -0.39 is 12.1 Å². The molecule has 162 valence electrons. The van der Waals surface area contributed by atoms with Gasteiger partial charge in [-0.1, -0.05) is 18.2 Å². The number of hydrogen-bond acceptors (Lipinski definition) is 4. The smallest absolute Gasteiger partial charge is 0.243 e. The van der Waals surface area contributed by atoms with E-state index >= 15 is 0 Å². The van der Waals surface area contributed by atoms with Crippen LogP contribution in [-0.4, -0.2) is 47.6 Å². The van der Waals surface area contributed by atoms with E-state index in [2.05, 4.69) is 5.32 Å². The molecule has 6 rings (SSSR count). The zero-order chi connectivity index (χ0) is 20.9. The minimum Gasteiger partial charge on any atom is -0.496 e. The van der Waals surface area contributed by atoms with Gasteiger partial charge in [-0.2, -0.15) is 0 Å². The summed E-state index contributed by atoms with van der Waals surface area (Å²) >= 11 is 0. The largest absolute Gasteiger partial charge is 0.496 e. The van der Waals surface area contributed by atoms with E-state index in [1.54, 1.807) is 12.0 Å². The van der Waals surface area contributed by atoms with Crippen LogP contribution < -0.4 is 10.1 Å². The minimum atomic E-state index is -0.634. The van der Waals surface area contributed by atoms with Gasteiger partial charge in [0.25, 0.3) is 0 Å². The predicted molar refractivity (Wildman–Crippen MR) is 112 cm³/mol. The SMILES string of the molecule is COc1ccccc1CNC(=O)[C@@H]1CC(O)CN1C(=O)C12CC3CC(CC(C3)C1)C2. The van der Waals surface area contributed by atoms with Gasteiger partial charge in [-0.15, -0.1) is 0 Å². The molecule has 0 spiro atoms. The Bertz CT molecular complexity index is 803. The number of hydrogen-bond donors (Lipinski definition) is 2. The highest BCUT2D eigenvalue weighted by molar-refractivity contribution is 5.91. The first kappa shape index (κ1) is 19.9. The number of carbonyl (C=O) groups is 2. The number of ether oxygens (including phenoxy) is 1. The number of carbonyl (C=O) groups excluding carboxylic acids is 2. The van der Waals surface area contributed by atoms with Crippen molar-refractivity contribution in [1.29, 1.82) is 0 Å². The standard InChI is InChI=1S/C24H32N2O4/c1-30-21-5-3-2-4-18(21)13-25-22(28)20-9-19(27)14-26(20)23(29)24-10-15-6-16(11-24)8-17(7-15)12-24/h2-5,15-17,19-20,27H,6-14H2,1H3,(H,25,28)/t15?,16?,17?,19?,20-,24?/m0/s1. The highest BCUT2D eigenvalue weighted by atomic mass is 16.5. The summed E-state index contributed by atoms with van der Waals surface area (Å²) in [6.45, 7) is 0.613. The number of amides is 2. The number of β-amino-alcohol motifs (C(OH)–C–C–N with tert-alkyl or cyclic N) is 1. The summed E-state index contributed by atoms with van der Waals surface area (Å²) in [7, 11) is 1.61. The Labute approximate surface area is 178 Å². The molecule has 1 aromatic carbocycles. The van der Waals surface area contributed by atoms with Gasteiger partial charge >= 0.3 is 0 Å². The molecule has 5 aliphatic rings. The molecule has 4 bridgehead atoms. The zero-order valence-electron chi connectivity index (χ0n) is 17.7. The number of aliphatic hydroxyl groups excluding tert-OH is 1. The molecule has 2 N–H and O–H groups in total. The molecule has 2 atom stereocenters. The van der Waals surface area contributed by atoms with Gasteiger partial charge in [-0.05, 0) is 62.3 Å². The van der Waals surface area contributed by atoms with Crippen LogP contribution >= 0.6 is 0 Å². The third kappa shape index (κ3) is 3.39. The third-order valence-corrected chi connectivity index (χ3v) is 7.98. The number of benzene rings is 1. The Hall–Kier alpha value is -2.08. The monoisotopic (exact) mass is 412 g/mol. The predicted octanol–water partition coefficient (Wildman–Crippen LogP) is 2.49. The Morgan fingerprint density at radius 3 is 2.37 bits per heavy atom. The minimum absolute atomic E-state index is 0.121. The van der Waals surface area contributed by atoms with Crippen LogP contribution in [0.5, 0.6) is 5.75 Å². The first-order valence-corrected chi connectivity index (χ1v) is 11.4. The second kappa shape index (κ2) is 7.56. The molecule has 1 aliphatic heterocycles. The summed E-state index contributed by atoms with van der Waals surface area (Å²) in [4.78, 5) is 28.5. The molecule has 5 fully saturated rings. The fourth-order valence-electron chi connectivity index (χ4n) is 7.11. The van der Waals surface area contributed by atoms with Crippen LogP contribution in [0.25, 0.3) is 0 Å². The van der Waals surface area contributed by atoms with Crippen molar-refractivity contribution >= 4 is 11.8 Å². The normalized spacial score (nSPS) is 36.7. The molecule has 4 saturated carbocycles. The molecule has 6 nitrogen and oxygen atoms in total. The third-order valence-electron chi connectivity index (χ3n) is 7.98. The second-order valence-corrected chi connectivity index (χ2v) is 10.1. The molecular formula is C24H32N2O4. The van der Waals surface area contributed by atoms with Crippen LogP contribution in [0.2, 0.25) is 0 Å². The lowest BCUT2D eigenvalue weighted by Gasteiger charge is -2.56. The van der Waals surface area contributed by atoms with Gasteiger partial charge in [-0.3, -0.25) is 9.59 Å². The van der Waals surface area contributed by atoms with Crippen molar-refractivity contribution in [1.82, 2.24) is 10.2 Å². The highest BCUT2D eigenvalue weighted by Gasteiger charge is 2.57. The molecule has 1 saturated heterocycles. The summed E-state index contributed by atoms with van der Waals surface area (Å²) in [6, 6.07) is 7.00. The van der Waals surface area contributed by atoms with Crippen LogP contribution in [0.15, 0.2) is 24.3 Å². The van der Waals surface area contributed by atoms with Crippen molar-refractivity contribution in [3.05, 3.63) is 29.8 Å². The van der Waals surface area contributed by atoms with Gasteiger partial charge in [0.1, 0.15) is 11.8 Å². The Balaban J connectivity index is 1.30. The van der Waals surface area contributed by atoms with E-state index in [1.807, 2.05) is 24.3 Å². The van der Waals surface area contributed by atoms with E-state index in [-0.39, 0.29) is 23.8 Å². The number of nitrogens with zero attached hydrogens (tertiary/aromatic N) is 1. The van der Waals surface area contributed by atoms with Crippen LogP contribution in [-0.2, 0) is 16.1 Å². The van der Waals surface area contributed by atoms with Gasteiger partial charge < -0.3 is 20.1 Å². The number of para-hydroxylation sites is 1. The Morgan fingerprint density at radius 2 is 1.73 bits per heavy atom. The molecule has 4 aliphatic carbocycles. The second-order valence-electron chi connectivity index (χ2n) is 10.1. The lowest BCUT2D eigenvalue weighted by Crippen LogP contribution is -2.57. The van der Waals surface area contributed by atoms with Crippen LogP contribution in [0, 0.1) is 23.2 Å². The molecule has 6 heteroatoms. The summed E-state index contributed by atoms with van der Waals surface area (Å²) in [5.41, 5.74) is 0.603. The molecular weight excluding hydrogens is 380 g/mol. The number of likely N-dealkylation sites (tertiary alicyclic amines) is 1. The van der Waals surface area contributed by atoms with E-state index in [9.17, 15) is 14.7 Å². The Kier molecular flexibility index (Phi) is 5.00. The lowest BCUT2D eigenvalue weighted by molar-refractivity contribution is -0.160. The number of aliphatic hydroxyl groups is 1. The van der Waals surface area contributed by atoms with Crippen molar-refractivity contribution < 1.29 is 19.4 Å². The highest BCUT2D eigenvalue weighted by Crippen LogP contribution is 2.60. The van der Waals surface area contributed by atoms with Crippen LogP contribution in [0.4, 0.5) is 0 Å². The number of methoxy groups -OCH3 is 1. The molecule has 0 radical (unpaired) electrons. The van der Waals surface area contributed by atoms with E-state index in [1.165, 1.54) is 19.3 Å². The molecule has 1 heterocycles. The first-order valence-electron chi connectivity index (χ1n) is 11.4. The van der Waals surface area contributed by atoms with Crippen molar-refractivity contribution in [3.63, 3.8) is 0 Å². The van der Waals surface area contributed by atoms with Gasteiger partial charge in [0.2, 0.25) is 11.8 Å². The first-order chi connectivity index (χ1) is 14.5. The van der Waals surface area contributed by atoms with E-state index in [4.69, 9.17) is 4.74 Å². The lowest BCUT2D eigenvalue weighted by atomic mass is 9.49. The summed E-state index contributed by atoms with van der Waals surface area (Å²) in [6.07, 6.45) is 6.42. The molecule has 1 unspecified atom stereocenters. The maximum atomic E-state index is 13.7. The van der Waals surface area contributed by atoms with Crippen molar-refractivity contribution in [2.45, 2.75) is 63.6 Å². The van der Waals surface area contributed by atoms with E-state index in [0.29, 0.717) is 30.7 Å². The average Bonchev–Trinajstić information content (AvgIpc) is 3.12. The number of rotatable bonds is 5. The summed E-state index contributed by atoms with van der Waals surface area (Å²) < 4.78 is 5.36. The topological polar surface area (TPSA) is 78.9 Å². The molecule has 0 aromatic heterocycles. The van der Waals surface area contributed by atoms with Crippen LogP contribution in [0.3, 0.4) is 0 Å². The van der Waals surface area contributed by atoms with Gasteiger partial charge in [0.05, 0.1) is 18.6 Å². The maximum Gasteiger partial charge on any atom is 0.243 e. The average molecular weight is 413 g/mol. The van der Waals surface area contributed by atoms with Gasteiger partial charge in [-0.25, -0.2) is 0 Å². The van der Waals surface area contributed by atoms with E-state index in [0.717, 1.165) is 30.6 Å². The maximum absolute atomic E-state index is 13.7. The van der Waals surface area contributed by atoms with Gasteiger partial charge in [0.15, 0.2) is 0 Å². The fourth-order valence-corrected chi connectivity index (χ4v) is 7.11. The fraction of sp³-hybridized carbons (Fsp3) is 0.667. The zero-order valence-corrected chi connectivity index (χ0v) is 17.7. The Morgan fingerprint density at radius 1 is 1.10 bits per heavy atom. The molecule has 30 heavy (non-hydrogen) atoms. The van der Waals surface area contributed by atoms with Crippen molar-refractivity contribution in [2.75, 3.05) is 13.7 Å². The van der Waals surface area contributed by atoms with Crippen molar-refractivity contribution in [2.24, 2.45) is 23.2 Å². The quantitative estimate of drug-likeness (QED) is 0.779. The summed E-state index contributed by atoms with van der Waals surface area (Å²) in [5.74, 6) is 2.68.